The van der Waals surface area contributed by atoms with E-state index in [0.717, 1.165) is 26.2 Å². The summed E-state index contributed by atoms with van der Waals surface area (Å²) < 4.78 is 6.52. The zero-order chi connectivity index (χ0) is 13.4. The van der Waals surface area contributed by atoms with Gasteiger partial charge in [0.25, 0.3) is 0 Å². The molecule has 0 fully saturated rings. The summed E-state index contributed by atoms with van der Waals surface area (Å²) in [4.78, 5) is 0. The van der Waals surface area contributed by atoms with Crippen LogP contribution in [0.15, 0.2) is 0 Å². The van der Waals surface area contributed by atoms with Gasteiger partial charge in [-0.25, -0.2) is 0 Å². The molecule has 17 heavy (non-hydrogen) atoms. The molecule has 0 aliphatic heterocycles. The molecule has 0 unspecified atom stereocenters. The highest BCUT2D eigenvalue weighted by molar-refractivity contribution is 6.84. The van der Waals surface area contributed by atoms with Gasteiger partial charge in [0.15, 0.2) is 16.6 Å². The molecular weight excluding hydrogens is 244 g/mol. The molecule has 2 N–H and O–H groups in total. The summed E-state index contributed by atoms with van der Waals surface area (Å²) in [6.45, 7) is 18.1. The molecule has 3 nitrogen and oxygen atoms in total. The van der Waals surface area contributed by atoms with Gasteiger partial charge in [-0.3, -0.25) is 0 Å². The highest BCUT2D eigenvalue weighted by atomic mass is 28.4. The monoisotopic (exact) mass is 276 g/mol. The zero-order valence-electron chi connectivity index (χ0n) is 12.7. The fourth-order valence-electron chi connectivity index (χ4n) is 1.98. The standard InChI is InChI=1S/C12H32N2OSi2/c1-7-13-9-11-16(3,4)15-17(5,6)12-10-14-8-2/h13-14H,7-12H2,1-6H3. The van der Waals surface area contributed by atoms with Gasteiger partial charge in [0.2, 0.25) is 0 Å². The van der Waals surface area contributed by atoms with Crippen molar-refractivity contribution in [1.82, 2.24) is 10.6 Å². The highest BCUT2D eigenvalue weighted by Crippen LogP contribution is 2.20. The molecule has 0 heterocycles. The number of nitrogens with one attached hydrogen (secondary N) is 2. The largest absolute Gasteiger partial charge is 0.455 e. The Balaban J connectivity index is 3.99. The van der Waals surface area contributed by atoms with Gasteiger partial charge in [0.1, 0.15) is 0 Å². The van der Waals surface area contributed by atoms with Crippen LogP contribution in [-0.2, 0) is 4.12 Å². The van der Waals surface area contributed by atoms with E-state index in [4.69, 9.17) is 4.12 Å². The van der Waals surface area contributed by atoms with E-state index < -0.39 is 16.6 Å². The molecule has 0 aromatic heterocycles. The average Bonchev–Trinajstić information content (AvgIpc) is 2.16. The van der Waals surface area contributed by atoms with Crippen molar-refractivity contribution in [2.24, 2.45) is 0 Å². The van der Waals surface area contributed by atoms with E-state index in [0.29, 0.717) is 0 Å². The molecule has 0 bridgehead atoms. The second-order valence-electron chi connectivity index (χ2n) is 5.83. The van der Waals surface area contributed by atoms with Crippen LogP contribution in [-0.4, -0.2) is 42.8 Å². The van der Waals surface area contributed by atoms with Crippen LogP contribution >= 0.6 is 0 Å². The van der Waals surface area contributed by atoms with Gasteiger partial charge in [-0.1, -0.05) is 13.8 Å². The van der Waals surface area contributed by atoms with Crippen LogP contribution in [0, 0.1) is 0 Å². The summed E-state index contributed by atoms with van der Waals surface area (Å²) >= 11 is 0. The average molecular weight is 277 g/mol. The molecule has 0 aliphatic carbocycles. The molecule has 0 spiro atoms. The first-order valence-corrected chi connectivity index (χ1v) is 13.2. The van der Waals surface area contributed by atoms with E-state index in [-0.39, 0.29) is 0 Å². The molecule has 0 saturated heterocycles. The molecule has 0 atom stereocenters. The lowest BCUT2D eigenvalue weighted by atomic mass is 10.7. The first-order chi connectivity index (χ1) is 7.83. The Hall–Kier alpha value is 0.314. The van der Waals surface area contributed by atoms with Gasteiger partial charge in [-0.05, 0) is 64.5 Å². The number of hydrogen-bond acceptors (Lipinski definition) is 3. The predicted molar refractivity (Wildman–Crippen MR) is 82.8 cm³/mol. The van der Waals surface area contributed by atoms with Crippen molar-refractivity contribution in [2.45, 2.75) is 52.1 Å². The van der Waals surface area contributed by atoms with Gasteiger partial charge < -0.3 is 14.7 Å². The molecule has 5 heteroatoms. The first-order valence-electron chi connectivity index (χ1n) is 6.94. The van der Waals surface area contributed by atoms with Crippen molar-refractivity contribution in [3.63, 3.8) is 0 Å². The van der Waals surface area contributed by atoms with Gasteiger partial charge >= 0.3 is 0 Å². The molecule has 0 radical (unpaired) electrons. The summed E-state index contributed by atoms with van der Waals surface area (Å²) in [6.07, 6.45) is 0. The van der Waals surface area contributed by atoms with Crippen LogP contribution in [0.25, 0.3) is 0 Å². The second kappa shape index (κ2) is 8.42. The van der Waals surface area contributed by atoms with Crippen molar-refractivity contribution in [3.8, 4) is 0 Å². The lowest BCUT2D eigenvalue weighted by Crippen LogP contribution is -2.46. The Morgan fingerprint density at radius 1 is 0.765 bits per heavy atom. The van der Waals surface area contributed by atoms with Gasteiger partial charge in [-0.2, -0.15) is 0 Å². The minimum atomic E-state index is -1.46. The Morgan fingerprint density at radius 3 is 1.41 bits per heavy atom. The minimum absolute atomic E-state index is 1.06. The lowest BCUT2D eigenvalue weighted by Gasteiger charge is -2.34. The SMILES string of the molecule is CCNCC[Si](C)(C)O[Si](C)(C)CCNCC. The molecule has 0 aliphatic rings. The van der Waals surface area contributed by atoms with Crippen molar-refractivity contribution >= 4 is 16.6 Å². The maximum absolute atomic E-state index is 6.52. The van der Waals surface area contributed by atoms with E-state index in [1.807, 2.05) is 0 Å². The second-order valence-corrected chi connectivity index (χ2v) is 14.7. The third-order valence-corrected chi connectivity index (χ3v) is 10.2. The fourth-order valence-corrected chi connectivity index (χ4v) is 10.3. The molecule has 0 rings (SSSR count). The lowest BCUT2D eigenvalue weighted by molar-refractivity contribution is 0.528. The smallest absolute Gasteiger partial charge is 0.174 e. The van der Waals surface area contributed by atoms with Crippen molar-refractivity contribution < 1.29 is 4.12 Å². The summed E-state index contributed by atoms with van der Waals surface area (Å²) in [5.41, 5.74) is 0. The minimum Gasteiger partial charge on any atom is -0.455 e. The number of rotatable bonds is 10. The van der Waals surface area contributed by atoms with Crippen LogP contribution in [0.2, 0.25) is 38.3 Å². The van der Waals surface area contributed by atoms with Gasteiger partial charge in [0, 0.05) is 0 Å². The normalized spacial score (nSPS) is 13.1. The maximum Gasteiger partial charge on any atom is 0.174 e. The molecule has 0 amide bonds. The molecule has 0 aromatic rings. The van der Waals surface area contributed by atoms with Crippen LogP contribution in [0.5, 0.6) is 0 Å². The van der Waals surface area contributed by atoms with E-state index in [1.54, 1.807) is 0 Å². The maximum atomic E-state index is 6.52. The summed E-state index contributed by atoms with van der Waals surface area (Å²) in [5, 5.41) is 6.80. The molecule has 0 aromatic carbocycles. The number of hydrogen-bond donors (Lipinski definition) is 2. The zero-order valence-corrected chi connectivity index (χ0v) is 14.7. The van der Waals surface area contributed by atoms with Crippen LogP contribution in [0.1, 0.15) is 13.8 Å². The van der Waals surface area contributed by atoms with Gasteiger partial charge in [0.05, 0.1) is 0 Å². The van der Waals surface area contributed by atoms with E-state index in [2.05, 4.69) is 50.7 Å². The summed E-state index contributed by atoms with van der Waals surface area (Å²) in [6, 6.07) is 2.44. The van der Waals surface area contributed by atoms with E-state index in [9.17, 15) is 0 Å². The Bertz CT molecular complexity index is 179. The van der Waals surface area contributed by atoms with E-state index >= 15 is 0 Å². The molecule has 104 valence electrons. The Morgan fingerprint density at radius 2 is 1.12 bits per heavy atom. The van der Waals surface area contributed by atoms with Crippen LogP contribution < -0.4 is 10.6 Å². The quantitative estimate of drug-likeness (QED) is 0.475. The van der Waals surface area contributed by atoms with Crippen molar-refractivity contribution in [2.75, 3.05) is 26.2 Å². The van der Waals surface area contributed by atoms with Crippen molar-refractivity contribution in [3.05, 3.63) is 0 Å². The third kappa shape index (κ3) is 9.97. The summed E-state index contributed by atoms with van der Waals surface area (Å²) in [5.74, 6) is 0. The predicted octanol–water partition coefficient (Wildman–Crippen LogP) is 2.63. The Labute approximate surface area is 110 Å². The topological polar surface area (TPSA) is 33.3 Å². The van der Waals surface area contributed by atoms with Crippen LogP contribution in [0.3, 0.4) is 0 Å². The highest BCUT2D eigenvalue weighted by Gasteiger charge is 2.32. The van der Waals surface area contributed by atoms with Gasteiger partial charge in [-0.15, -0.1) is 0 Å². The van der Waals surface area contributed by atoms with E-state index in [1.165, 1.54) is 12.1 Å². The van der Waals surface area contributed by atoms with Crippen LogP contribution in [0.4, 0.5) is 0 Å². The Kier molecular flexibility index (Phi) is 8.58. The molecule has 0 saturated carbocycles. The van der Waals surface area contributed by atoms with Crippen molar-refractivity contribution in [1.29, 1.82) is 0 Å². The summed E-state index contributed by atoms with van der Waals surface area (Å²) in [7, 11) is -2.93. The third-order valence-electron chi connectivity index (χ3n) is 2.86. The molecular formula is C12H32N2OSi2. The fraction of sp³-hybridized carbons (Fsp3) is 1.00. The first kappa shape index (κ1) is 17.3.